The molecule has 2 nitrogen and oxygen atoms in total. The van der Waals surface area contributed by atoms with Gasteiger partial charge in [-0.05, 0) is 23.3 Å². The highest BCUT2D eigenvalue weighted by Gasteiger charge is 2.18. The second kappa shape index (κ2) is 5.78. The van der Waals surface area contributed by atoms with E-state index in [1.54, 1.807) is 0 Å². The molecule has 0 aliphatic rings. The van der Waals surface area contributed by atoms with Crippen molar-refractivity contribution >= 4 is 21.8 Å². The van der Waals surface area contributed by atoms with Crippen LogP contribution in [0.3, 0.4) is 0 Å². The van der Waals surface area contributed by atoms with Crippen LogP contribution in [-0.2, 0) is 0 Å². The van der Waals surface area contributed by atoms with E-state index in [2.05, 4.69) is 17.1 Å². The molecule has 2 heteroatoms. The summed E-state index contributed by atoms with van der Waals surface area (Å²) in [6.45, 7) is 0. The van der Waals surface area contributed by atoms with Crippen LogP contribution < -0.4 is 0 Å². The summed E-state index contributed by atoms with van der Waals surface area (Å²) in [5, 5.41) is 13.4. The third-order valence-corrected chi connectivity index (χ3v) is 4.91. The number of phenolic OH excluding ortho intramolecular Hbond substituents is 1. The lowest BCUT2D eigenvalue weighted by Crippen LogP contribution is -1.86. The Morgan fingerprint density at radius 2 is 1.23 bits per heavy atom. The Kier molecular flexibility index (Phi) is 3.29. The SMILES string of the molecule is Oc1c(-c2ccccc2)cc2[nH]c3ccccc3c2c1-c1ccccc1. The maximum absolute atomic E-state index is 11.3. The minimum absolute atomic E-state index is 0.319. The van der Waals surface area contributed by atoms with E-state index < -0.39 is 0 Å². The lowest BCUT2D eigenvalue weighted by atomic mass is 9.93. The van der Waals surface area contributed by atoms with Crippen molar-refractivity contribution in [2.75, 3.05) is 0 Å². The van der Waals surface area contributed by atoms with Gasteiger partial charge in [0, 0.05) is 32.9 Å². The van der Waals surface area contributed by atoms with Crippen molar-refractivity contribution in [3.8, 4) is 28.0 Å². The number of aromatic amines is 1. The number of rotatable bonds is 2. The number of hydrogen-bond acceptors (Lipinski definition) is 1. The highest BCUT2D eigenvalue weighted by Crippen LogP contribution is 2.45. The molecule has 0 unspecified atom stereocenters. The molecule has 124 valence electrons. The summed E-state index contributed by atoms with van der Waals surface area (Å²) in [5.41, 5.74) is 5.83. The molecule has 1 heterocycles. The van der Waals surface area contributed by atoms with Gasteiger partial charge in [-0.1, -0.05) is 78.9 Å². The van der Waals surface area contributed by atoms with Crippen LogP contribution in [0.1, 0.15) is 0 Å². The van der Waals surface area contributed by atoms with Crippen LogP contribution in [0.5, 0.6) is 5.75 Å². The van der Waals surface area contributed by atoms with Crippen molar-refractivity contribution in [1.82, 2.24) is 4.98 Å². The Hall–Kier alpha value is -3.52. The molecule has 2 N–H and O–H groups in total. The summed E-state index contributed by atoms with van der Waals surface area (Å²) in [6, 6.07) is 30.4. The van der Waals surface area contributed by atoms with Gasteiger partial charge in [-0.2, -0.15) is 0 Å². The molecule has 4 aromatic carbocycles. The summed E-state index contributed by atoms with van der Waals surface area (Å²) in [7, 11) is 0. The van der Waals surface area contributed by atoms with Gasteiger partial charge in [-0.3, -0.25) is 0 Å². The van der Waals surface area contributed by atoms with Crippen LogP contribution in [0.4, 0.5) is 0 Å². The summed E-state index contributed by atoms with van der Waals surface area (Å²) in [5.74, 6) is 0.319. The number of phenols is 1. The quantitative estimate of drug-likeness (QED) is 0.387. The molecule has 5 rings (SSSR count). The number of aromatic hydroxyl groups is 1. The van der Waals surface area contributed by atoms with Gasteiger partial charge in [0.05, 0.1) is 0 Å². The van der Waals surface area contributed by atoms with Crippen LogP contribution in [0.25, 0.3) is 44.1 Å². The number of nitrogens with one attached hydrogen (secondary N) is 1. The molecule has 0 fully saturated rings. The molecule has 0 aliphatic heterocycles. The van der Waals surface area contributed by atoms with Crippen LogP contribution in [0, 0.1) is 0 Å². The predicted molar refractivity (Wildman–Crippen MR) is 108 cm³/mol. The molecule has 1 aromatic heterocycles. The number of benzene rings is 4. The minimum Gasteiger partial charge on any atom is -0.507 e. The van der Waals surface area contributed by atoms with E-state index in [1.807, 2.05) is 78.9 Å². The molecular weight excluding hydrogens is 318 g/mol. The lowest BCUT2D eigenvalue weighted by molar-refractivity contribution is 0.480. The van der Waals surface area contributed by atoms with Crippen molar-refractivity contribution in [2.45, 2.75) is 0 Å². The van der Waals surface area contributed by atoms with Gasteiger partial charge in [0.25, 0.3) is 0 Å². The maximum atomic E-state index is 11.3. The first kappa shape index (κ1) is 14.8. The number of H-pyrrole nitrogens is 1. The third-order valence-electron chi connectivity index (χ3n) is 4.91. The maximum Gasteiger partial charge on any atom is 0.132 e. The first-order chi connectivity index (χ1) is 12.8. The van der Waals surface area contributed by atoms with Crippen LogP contribution in [0.15, 0.2) is 91.0 Å². The van der Waals surface area contributed by atoms with Gasteiger partial charge in [-0.15, -0.1) is 0 Å². The molecule has 0 amide bonds. The largest absolute Gasteiger partial charge is 0.507 e. The Balaban J connectivity index is 1.96. The highest BCUT2D eigenvalue weighted by molar-refractivity contribution is 6.17. The summed E-state index contributed by atoms with van der Waals surface area (Å²) in [6.07, 6.45) is 0. The van der Waals surface area contributed by atoms with Crippen molar-refractivity contribution in [3.05, 3.63) is 91.0 Å². The van der Waals surface area contributed by atoms with Gasteiger partial charge in [0.1, 0.15) is 5.75 Å². The Bertz CT molecular complexity index is 1220. The molecule has 0 saturated carbocycles. The molecule has 26 heavy (non-hydrogen) atoms. The Morgan fingerprint density at radius 3 is 1.96 bits per heavy atom. The Labute approximate surface area is 151 Å². The van der Waals surface area contributed by atoms with Crippen LogP contribution in [0.2, 0.25) is 0 Å². The average molecular weight is 335 g/mol. The number of hydrogen-bond donors (Lipinski definition) is 2. The smallest absolute Gasteiger partial charge is 0.132 e. The van der Waals surface area contributed by atoms with Crippen molar-refractivity contribution in [2.24, 2.45) is 0 Å². The van der Waals surface area contributed by atoms with Crippen LogP contribution in [-0.4, -0.2) is 10.1 Å². The van der Waals surface area contributed by atoms with E-state index in [-0.39, 0.29) is 0 Å². The zero-order chi connectivity index (χ0) is 17.5. The molecule has 0 aliphatic carbocycles. The summed E-state index contributed by atoms with van der Waals surface area (Å²) >= 11 is 0. The number of aromatic nitrogens is 1. The second-order valence-corrected chi connectivity index (χ2v) is 6.47. The van der Waals surface area contributed by atoms with Gasteiger partial charge in [-0.25, -0.2) is 0 Å². The molecule has 5 aromatic rings. The standard InChI is InChI=1S/C24H17NO/c26-24-19(16-9-3-1-4-10-16)15-21-23(18-13-7-8-14-20(18)25-21)22(24)17-11-5-2-6-12-17/h1-15,25-26H. The zero-order valence-electron chi connectivity index (χ0n) is 14.1. The lowest BCUT2D eigenvalue weighted by Gasteiger charge is -2.13. The van der Waals surface area contributed by atoms with Crippen LogP contribution >= 0.6 is 0 Å². The molecule has 0 spiro atoms. The first-order valence-corrected chi connectivity index (χ1v) is 8.70. The van der Waals surface area contributed by atoms with Crippen molar-refractivity contribution in [1.29, 1.82) is 0 Å². The van der Waals surface area contributed by atoms with Crippen molar-refractivity contribution in [3.63, 3.8) is 0 Å². The van der Waals surface area contributed by atoms with Gasteiger partial charge >= 0.3 is 0 Å². The van der Waals surface area contributed by atoms with E-state index in [0.717, 1.165) is 44.1 Å². The molecular formula is C24H17NO. The second-order valence-electron chi connectivity index (χ2n) is 6.47. The van der Waals surface area contributed by atoms with Crippen molar-refractivity contribution < 1.29 is 5.11 Å². The zero-order valence-corrected chi connectivity index (χ0v) is 14.1. The fraction of sp³-hybridized carbons (Fsp3) is 0. The minimum atomic E-state index is 0.319. The fourth-order valence-corrected chi connectivity index (χ4v) is 3.73. The average Bonchev–Trinajstić information content (AvgIpc) is 3.07. The topological polar surface area (TPSA) is 36.0 Å². The third kappa shape index (κ3) is 2.20. The normalized spacial score (nSPS) is 11.2. The predicted octanol–water partition coefficient (Wildman–Crippen LogP) is 6.36. The molecule has 0 radical (unpaired) electrons. The molecule has 0 bridgehead atoms. The van der Waals surface area contributed by atoms with E-state index >= 15 is 0 Å². The van der Waals surface area contributed by atoms with Gasteiger partial charge in [0.15, 0.2) is 0 Å². The fourth-order valence-electron chi connectivity index (χ4n) is 3.73. The summed E-state index contributed by atoms with van der Waals surface area (Å²) < 4.78 is 0. The first-order valence-electron chi connectivity index (χ1n) is 8.70. The molecule has 0 saturated heterocycles. The van der Waals surface area contributed by atoms with E-state index in [0.29, 0.717) is 5.75 Å². The summed E-state index contributed by atoms with van der Waals surface area (Å²) in [4.78, 5) is 3.51. The number of fused-ring (bicyclic) bond motifs is 3. The van der Waals surface area contributed by atoms with Gasteiger partial charge < -0.3 is 10.1 Å². The van der Waals surface area contributed by atoms with E-state index in [9.17, 15) is 5.11 Å². The van der Waals surface area contributed by atoms with E-state index in [4.69, 9.17) is 0 Å². The van der Waals surface area contributed by atoms with Gasteiger partial charge in [0.2, 0.25) is 0 Å². The van der Waals surface area contributed by atoms with E-state index in [1.165, 1.54) is 0 Å². The molecule has 0 atom stereocenters. The number of para-hydroxylation sites is 1. The Morgan fingerprint density at radius 1 is 0.615 bits per heavy atom. The highest BCUT2D eigenvalue weighted by atomic mass is 16.3. The monoisotopic (exact) mass is 335 g/mol.